The van der Waals surface area contributed by atoms with Crippen molar-refractivity contribution in [3.63, 3.8) is 0 Å². The summed E-state index contributed by atoms with van der Waals surface area (Å²) >= 11 is 12.9. The molecule has 2 aromatic rings. The van der Waals surface area contributed by atoms with E-state index in [0.717, 1.165) is 11.1 Å². The van der Waals surface area contributed by atoms with Gasteiger partial charge in [-0.3, -0.25) is 19.2 Å². The number of carbonyl (C=O) groups is 4. The second-order valence-corrected chi connectivity index (χ2v) is 19.1. The fourth-order valence-electron chi connectivity index (χ4n) is 7.23. The Labute approximate surface area is 317 Å². The van der Waals surface area contributed by atoms with E-state index in [0.29, 0.717) is 10.0 Å². The average Bonchev–Trinajstić information content (AvgIpc) is 3.03. The van der Waals surface area contributed by atoms with E-state index < -0.39 is 62.1 Å². The molecule has 0 radical (unpaired) electrons. The Morgan fingerprint density at radius 1 is 0.923 bits per heavy atom. The summed E-state index contributed by atoms with van der Waals surface area (Å²) in [6.07, 6.45) is -0.415. The maximum absolute atomic E-state index is 15.2. The molecule has 2 aliphatic heterocycles. The summed E-state index contributed by atoms with van der Waals surface area (Å²) in [6.45, 7) is 13.0. The molecule has 0 spiro atoms. The molecule has 52 heavy (non-hydrogen) atoms. The van der Waals surface area contributed by atoms with Crippen LogP contribution in [0.2, 0.25) is 10.0 Å². The molecule has 2 aliphatic rings. The van der Waals surface area contributed by atoms with Crippen LogP contribution in [0.4, 0.5) is 0 Å². The first-order chi connectivity index (χ1) is 24.0. The molecule has 2 amide bonds. The lowest BCUT2D eigenvalue weighted by Gasteiger charge is -2.54. The number of amides is 2. The molecule has 0 aliphatic carbocycles. The van der Waals surface area contributed by atoms with Gasteiger partial charge in [-0.25, -0.2) is 8.42 Å². The monoisotopic (exact) mass is 779 g/mol. The maximum Gasteiger partial charge on any atom is 0.307 e. The summed E-state index contributed by atoms with van der Waals surface area (Å²) in [7, 11) is -4.03. The highest BCUT2D eigenvalue weighted by molar-refractivity contribution is 7.89. The Morgan fingerprint density at radius 2 is 1.54 bits per heavy atom. The number of hydrogen-bond acceptors (Lipinski definition) is 7. The van der Waals surface area contributed by atoms with Gasteiger partial charge in [-0.1, -0.05) is 75.2 Å². The third kappa shape index (κ3) is 10.3. The van der Waals surface area contributed by atoms with Crippen LogP contribution >= 0.6 is 23.2 Å². The van der Waals surface area contributed by atoms with E-state index in [1.807, 2.05) is 51.1 Å². The van der Waals surface area contributed by atoms with Gasteiger partial charge in [-0.2, -0.15) is 4.31 Å². The van der Waals surface area contributed by atoms with Crippen molar-refractivity contribution in [1.29, 1.82) is 0 Å². The first-order valence-electron chi connectivity index (χ1n) is 17.5. The number of sulfonamides is 1. The van der Waals surface area contributed by atoms with Gasteiger partial charge in [0, 0.05) is 48.6 Å². The molecule has 1 unspecified atom stereocenters. The van der Waals surface area contributed by atoms with Crippen molar-refractivity contribution in [1.82, 2.24) is 14.1 Å². The largest absolute Gasteiger partial charge is 0.481 e. The second kappa shape index (κ2) is 16.0. The number of carboxylic acid groups (broad SMARTS) is 1. The summed E-state index contributed by atoms with van der Waals surface area (Å²) in [5.41, 5.74) is -1.24. The van der Waals surface area contributed by atoms with Crippen molar-refractivity contribution < 1.29 is 37.4 Å². The van der Waals surface area contributed by atoms with Crippen LogP contribution in [0.3, 0.4) is 0 Å². The van der Waals surface area contributed by atoms with Crippen LogP contribution in [0.5, 0.6) is 0 Å². The Morgan fingerprint density at radius 3 is 2.08 bits per heavy atom. The summed E-state index contributed by atoms with van der Waals surface area (Å²) in [4.78, 5) is 55.4. The zero-order valence-corrected chi connectivity index (χ0v) is 33.4. The molecule has 4 atom stereocenters. The van der Waals surface area contributed by atoms with E-state index in [1.165, 1.54) is 9.21 Å². The van der Waals surface area contributed by atoms with Crippen LogP contribution in [0.15, 0.2) is 48.5 Å². The van der Waals surface area contributed by atoms with Crippen molar-refractivity contribution >= 4 is 57.0 Å². The highest BCUT2D eigenvalue weighted by Gasteiger charge is 2.55. The zero-order valence-electron chi connectivity index (χ0n) is 31.0. The van der Waals surface area contributed by atoms with Gasteiger partial charge in [0.15, 0.2) is 0 Å². The molecule has 2 fully saturated rings. The molecule has 2 saturated heterocycles. The zero-order chi connectivity index (χ0) is 38.8. The van der Waals surface area contributed by atoms with Gasteiger partial charge in [0.05, 0.1) is 36.1 Å². The first-order valence-corrected chi connectivity index (χ1v) is 19.9. The molecule has 0 saturated carbocycles. The van der Waals surface area contributed by atoms with Crippen molar-refractivity contribution in [2.24, 2.45) is 10.8 Å². The average molecular weight is 781 g/mol. The summed E-state index contributed by atoms with van der Waals surface area (Å²) in [5, 5.41) is 9.98. The number of hydrogen-bond donors (Lipinski definition) is 1. The number of likely N-dealkylation sites (tertiary alicyclic amines) is 1. The van der Waals surface area contributed by atoms with E-state index in [9.17, 15) is 22.8 Å². The minimum atomic E-state index is -4.03. The fourth-order valence-corrected chi connectivity index (χ4v) is 9.54. The molecule has 1 N–H and O–H groups in total. The number of nitrogens with zero attached hydrogens (tertiary/aromatic N) is 3. The van der Waals surface area contributed by atoms with Crippen molar-refractivity contribution in [3.05, 3.63) is 69.7 Å². The smallest absolute Gasteiger partial charge is 0.307 e. The molecule has 2 aromatic carbocycles. The van der Waals surface area contributed by atoms with E-state index >= 15 is 4.79 Å². The normalized spacial score (nSPS) is 22.6. The molecule has 2 heterocycles. The highest BCUT2D eigenvalue weighted by atomic mass is 35.5. The predicted octanol–water partition coefficient (Wildman–Crippen LogP) is 6.54. The summed E-state index contributed by atoms with van der Waals surface area (Å²) in [6, 6.07) is 13.0. The lowest BCUT2D eigenvalue weighted by molar-refractivity contribution is -0.169. The quantitative estimate of drug-likeness (QED) is 0.254. The lowest BCUT2D eigenvalue weighted by atomic mass is 9.66. The van der Waals surface area contributed by atoms with Gasteiger partial charge in [-0.15, -0.1) is 0 Å². The number of piperazine rings is 1. The predicted molar refractivity (Wildman–Crippen MR) is 200 cm³/mol. The topological polar surface area (TPSA) is 142 Å². The maximum atomic E-state index is 15.2. The van der Waals surface area contributed by atoms with Crippen LogP contribution in [-0.4, -0.2) is 95.0 Å². The number of halogens is 2. The van der Waals surface area contributed by atoms with Gasteiger partial charge in [0.2, 0.25) is 21.8 Å². The molecule has 14 heteroatoms. The minimum Gasteiger partial charge on any atom is -0.481 e. The number of esters is 1. The van der Waals surface area contributed by atoms with Gasteiger partial charge in [0.25, 0.3) is 0 Å². The number of benzene rings is 2. The number of aliphatic carboxylic acids is 1. The van der Waals surface area contributed by atoms with E-state index in [-0.39, 0.29) is 63.7 Å². The molecule has 0 aromatic heterocycles. The van der Waals surface area contributed by atoms with Crippen LogP contribution in [0, 0.1) is 10.8 Å². The van der Waals surface area contributed by atoms with Gasteiger partial charge < -0.3 is 19.6 Å². The third-order valence-electron chi connectivity index (χ3n) is 9.79. The Balaban J connectivity index is 1.80. The van der Waals surface area contributed by atoms with Crippen molar-refractivity contribution in [2.75, 3.05) is 31.9 Å². The van der Waals surface area contributed by atoms with Gasteiger partial charge in [-0.05, 0) is 68.0 Å². The molecule has 11 nitrogen and oxygen atoms in total. The van der Waals surface area contributed by atoms with Crippen molar-refractivity contribution in [3.8, 4) is 0 Å². The molecule has 286 valence electrons. The SMILES string of the molecule is CC(C)(C)OC(=O)C[C@@]1(C)C[C@H](c2cccc(Cl)c2)[C@@H](c2ccc(Cl)cc2)N(C(CS(=O)(=O)N2CCN(C(=O)CCC(=O)O)CC2)C(C)(C)C)C1=O. The number of rotatable bonds is 11. The second-order valence-electron chi connectivity index (χ2n) is 16.2. The molecular weight excluding hydrogens is 729 g/mol. The lowest BCUT2D eigenvalue weighted by Crippen LogP contribution is -2.62. The van der Waals surface area contributed by atoms with E-state index in [4.69, 9.17) is 33.0 Å². The van der Waals surface area contributed by atoms with Crippen molar-refractivity contribution in [2.45, 2.75) is 97.8 Å². The fraction of sp³-hybridized carbons (Fsp3) is 0.579. The molecular formula is C38H51Cl2N3O8S. The number of carboxylic acids is 1. The van der Waals surface area contributed by atoms with Gasteiger partial charge >= 0.3 is 11.9 Å². The first kappa shape index (κ1) is 41.6. The summed E-state index contributed by atoms with van der Waals surface area (Å²) < 4.78 is 35.8. The van der Waals surface area contributed by atoms with E-state index in [1.54, 1.807) is 50.8 Å². The van der Waals surface area contributed by atoms with Crippen LogP contribution in [-0.2, 0) is 33.9 Å². The molecule has 4 rings (SSSR count). The Hall–Kier alpha value is -3.19. The van der Waals surface area contributed by atoms with Crippen LogP contribution in [0.25, 0.3) is 0 Å². The van der Waals surface area contributed by atoms with Crippen LogP contribution in [0.1, 0.15) is 97.2 Å². The van der Waals surface area contributed by atoms with E-state index in [2.05, 4.69) is 0 Å². The number of piperidine rings is 1. The Bertz CT molecular complexity index is 1750. The Kier molecular flexibility index (Phi) is 12.8. The highest BCUT2D eigenvalue weighted by Crippen LogP contribution is 2.53. The number of carbonyl (C=O) groups excluding carboxylic acids is 3. The van der Waals surface area contributed by atoms with Gasteiger partial charge in [0.1, 0.15) is 5.60 Å². The van der Waals surface area contributed by atoms with Crippen LogP contribution < -0.4 is 0 Å². The summed E-state index contributed by atoms with van der Waals surface area (Å²) in [5.74, 6) is -3.13. The number of ether oxygens (including phenoxy) is 1. The minimum absolute atomic E-state index is 0.0358. The standard InChI is InChI=1S/C38H51Cl2N3O8S/c1-36(2,3)30(24-52(49,50)42-19-17-41(18-20-42)31(44)15-16-32(45)46)43-34(25-11-13-27(39)14-12-25)29(26-9-8-10-28(40)21-26)22-38(7,35(43)48)23-33(47)51-37(4,5)6/h8-14,21,29-30,34H,15-20,22-24H2,1-7H3,(H,45,46)/t29-,30?,34-,38-/m1/s1. The molecule has 0 bridgehead atoms. The third-order valence-corrected chi connectivity index (χ3v) is 12.2.